The molecule has 38 heavy (non-hydrogen) atoms. The molecular weight excluding hydrogens is 476 g/mol. The molecule has 9 nitrogen and oxygen atoms in total. The SMILES string of the molecule is CN1CCC(Nc2ccc(C(=O)Nc3cc(-c4nc5ccccc5n4CC4CCNCC4)[nH]n3)cc2)CC1. The zero-order valence-electron chi connectivity index (χ0n) is 21.9. The molecule has 2 aromatic heterocycles. The fourth-order valence-electron chi connectivity index (χ4n) is 5.58. The number of aromatic nitrogens is 4. The molecule has 0 aliphatic carbocycles. The fraction of sp³-hybridized carbons (Fsp3) is 0.414. The molecule has 0 radical (unpaired) electrons. The van der Waals surface area contributed by atoms with E-state index in [0.29, 0.717) is 23.3 Å². The second kappa shape index (κ2) is 11.0. The van der Waals surface area contributed by atoms with Crippen LogP contribution in [0.2, 0.25) is 0 Å². The van der Waals surface area contributed by atoms with Crippen molar-refractivity contribution < 1.29 is 4.79 Å². The van der Waals surface area contributed by atoms with Gasteiger partial charge in [0.1, 0.15) is 5.69 Å². The van der Waals surface area contributed by atoms with Crippen LogP contribution in [-0.4, -0.2) is 69.8 Å². The lowest BCUT2D eigenvalue weighted by Gasteiger charge is -2.30. The third-order valence-electron chi connectivity index (χ3n) is 7.85. The third kappa shape index (κ3) is 5.44. The standard InChI is InChI=1S/C29H36N8O/c1-36-16-12-23(13-17-36)31-22-8-6-21(7-9-22)29(38)33-27-18-25(34-35-27)28-32-24-4-2-3-5-26(24)37(28)19-20-10-14-30-15-11-20/h2-9,18,20,23,30-31H,10-17,19H2,1H3,(H2,33,34,35,38). The number of nitrogens with zero attached hydrogens (tertiary/aromatic N) is 4. The number of hydrogen-bond donors (Lipinski definition) is 4. The van der Waals surface area contributed by atoms with Crippen LogP contribution in [0, 0.1) is 5.92 Å². The first-order chi connectivity index (χ1) is 18.6. The summed E-state index contributed by atoms with van der Waals surface area (Å²) in [7, 11) is 2.16. The summed E-state index contributed by atoms with van der Waals surface area (Å²) in [6.45, 7) is 5.25. The van der Waals surface area contributed by atoms with E-state index in [1.807, 2.05) is 42.5 Å². The Morgan fingerprint density at radius 3 is 2.58 bits per heavy atom. The fourth-order valence-corrected chi connectivity index (χ4v) is 5.58. The molecule has 198 valence electrons. The van der Waals surface area contributed by atoms with Gasteiger partial charge in [-0.3, -0.25) is 9.89 Å². The number of fused-ring (bicyclic) bond motifs is 1. The Morgan fingerprint density at radius 1 is 1.03 bits per heavy atom. The van der Waals surface area contributed by atoms with Crippen LogP contribution in [0.4, 0.5) is 11.5 Å². The van der Waals surface area contributed by atoms with Gasteiger partial charge in [0.25, 0.3) is 5.91 Å². The van der Waals surface area contributed by atoms with Crippen LogP contribution in [-0.2, 0) is 6.54 Å². The highest BCUT2D eigenvalue weighted by Gasteiger charge is 2.21. The van der Waals surface area contributed by atoms with Gasteiger partial charge in [0.05, 0.1) is 11.0 Å². The molecule has 1 amide bonds. The number of aromatic amines is 1. The molecule has 0 atom stereocenters. The Hall–Kier alpha value is -3.69. The lowest BCUT2D eigenvalue weighted by molar-refractivity contribution is 0.102. The highest BCUT2D eigenvalue weighted by molar-refractivity contribution is 6.04. The van der Waals surface area contributed by atoms with E-state index in [2.05, 4.69) is 54.8 Å². The van der Waals surface area contributed by atoms with E-state index in [9.17, 15) is 4.79 Å². The number of imidazole rings is 1. The van der Waals surface area contributed by atoms with Crippen molar-refractivity contribution in [2.75, 3.05) is 43.9 Å². The van der Waals surface area contributed by atoms with Crippen LogP contribution >= 0.6 is 0 Å². The molecule has 2 aromatic carbocycles. The van der Waals surface area contributed by atoms with Crippen molar-refractivity contribution >= 4 is 28.4 Å². The van der Waals surface area contributed by atoms with E-state index in [1.54, 1.807) is 0 Å². The molecular formula is C29H36N8O. The molecule has 0 unspecified atom stereocenters. The summed E-state index contributed by atoms with van der Waals surface area (Å²) < 4.78 is 2.29. The highest BCUT2D eigenvalue weighted by atomic mass is 16.1. The number of carbonyl (C=O) groups excluding carboxylic acids is 1. The number of benzene rings is 2. The molecule has 2 aliphatic rings. The lowest BCUT2D eigenvalue weighted by Crippen LogP contribution is -2.36. The monoisotopic (exact) mass is 512 g/mol. The van der Waals surface area contributed by atoms with Crippen LogP contribution in [0.3, 0.4) is 0 Å². The number of anilines is 2. The van der Waals surface area contributed by atoms with E-state index in [-0.39, 0.29) is 5.91 Å². The van der Waals surface area contributed by atoms with Gasteiger partial charge in [0.15, 0.2) is 11.6 Å². The normalized spacial score (nSPS) is 17.6. The van der Waals surface area contributed by atoms with E-state index < -0.39 is 0 Å². The summed E-state index contributed by atoms with van der Waals surface area (Å²) in [6.07, 6.45) is 4.57. The second-order valence-electron chi connectivity index (χ2n) is 10.6. The number of para-hydroxylation sites is 2. The first kappa shape index (κ1) is 24.6. The zero-order valence-corrected chi connectivity index (χ0v) is 21.9. The number of likely N-dealkylation sites (tertiary alicyclic amines) is 1. The summed E-state index contributed by atoms with van der Waals surface area (Å²) in [4.78, 5) is 20.2. The number of amides is 1. The number of hydrogen-bond acceptors (Lipinski definition) is 6. The van der Waals surface area contributed by atoms with Gasteiger partial charge in [-0.15, -0.1) is 0 Å². The second-order valence-corrected chi connectivity index (χ2v) is 10.6. The minimum absolute atomic E-state index is 0.183. The molecule has 9 heteroatoms. The summed E-state index contributed by atoms with van der Waals surface area (Å²) >= 11 is 0. The molecule has 4 heterocycles. The van der Waals surface area contributed by atoms with E-state index >= 15 is 0 Å². The maximum Gasteiger partial charge on any atom is 0.256 e. The number of H-pyrrole nitrogens is 1. The molecule has 0 bridgehead atoms. The number of piperidine rings is 2. The smallest absolute Gasteiger partial charge is 0.256 e. The molecule has 0 saturated carbocycles. The van der Waals surface area contributed by atoms with E-state index in [0.717, 1.165) is 86.6 Å². The number of nitrogens with one attached hydrogen (secondary N) is 4. The quantitative estimate of drug-likeness (QED) is 0.296. The lowest BCUT2D eigenvalue weighted by atomic mass is 9.98. The minimum Gasteiger partial charge on any atom is -0.382 e. The van der Waals surface area contributed by atoms with Crippen LogP contribution < -0.4 is 16.0 Å². The first-order valence-electron chi connectivity index (χ1n) is 13.7. The van der Waals surface area contributed by atoms with Crippen LogP contribution in [0.5, 0.6) is 0 Å². The summed E-state index contributed by atoms with van der Waals surface area (Å²) in [6, 6.07) is 18.3. The van der Waals surface area contributed by atoms with Crippen molar-refractivity contribution in [3.63, 3.8) is 0 Å². The van der Waals surface area contributed by atoms with Crippen molar-refractivity contribution in [1.29, 1.82) is 0 Å². The molecule has 6 rings (SSSR count). The van der Waals surface area contributed by atoms with Crippen molar-refractivity contribution in [3.05, 3.63) is 60.2 Å². The van der Waals surface area contributed by atoms with Gasteiger partial charge in [0, 0.05) is 29.9 Å². The number of rotatable bonds is 7. The molecule has 0 spiro atoms. The molecule has 4 N–H and O–H groups in total. The average Bonchev–Trinajstić information content (AvgIpc) is 3.55. The Balaban J connectivity index is 1.15. The Labute approximate surface area is 223 Å². The van der Waals surface area contributed by atoms with Gasteiger partial charge >= 0.3 is 0 Å². The topological polar surface area (TPSA) is 103 Å². The van der Waals surface area contributed by atoms with Crippen LogP contribution in [0.1, 0.15) is 36.0 Å². The maximum atomic E-state index is 13.0. The van der Waals surface area contributed by atoms with Gasteiger partial charge in [-0.1, -0.05) is 12.1 Å². The largest absolute Gasteiger partial charge is 0.382 e. The maximum absolute atomic E-state index is 13.0. The number of carbonyl (C=O) groups is 1. The van der Waals surface area contributed by atoms with Crippen molar-refractivity contribution in [2.45, 2.75) is 38.3 Å². The van der Waals surface area contributed by atoms with Gasteiger partial charge in [-0.25, -0.2) is 4.98 Å². The molecule has 2 aliphatic heterocycles. The van der Waals surface area contributed by atoms with E-state index in [4.69, 9.17) is 4.98 Å². The zero-order chi connectivity index (χ0) is 25.9. The van der Waals surface area contributed by atoms with Gasteiger partial charge in [0.2, 0.25) is 0 Å². The molecule has 2 fully saturated rings. The first-order valence-corrected chi connectivity index (χ1v) is 13.7. The Bertz CT molecular complexity index is 1380. The summed E-state index contributed by atoms with van der Waals surface area (Å²) in [5.41, 5.74) is 4.52. The van der Waals surface area contributed by atoms with Gasteiger partial charge in [-0.2, -0.15) is 5.10 Å². The predicted octanol–water partition coefficient (Wildman–Crippen LogP) is 4.18. The minimum atomic E-state index is -0.183. The van der Waals surface area contributed by atoms with Gasteiger partial charge < -0.3 is 25.4 Å². The highest BCUT2D eigenvalue weighted by Crippen LogP contribution is 2.28. The Kier molecular flexibility index (Phi) is 7.11. The van der Waals surface area contributed by atoms with Gasteiger partial charge in [-0.05, 0) is 101 Å². The predicted molar refractivity (Wildman–Crippen MR) is 151 cm³/mol. The Morgan fingerprint density at radius 2 is 1.79 bits per heavy atom. The molecule has 4 aromatic rings. The summed E-state index contributed by atoms with van der Waals surface area (Å²) in [5, 5.41) is 17.5. The summed E-state index contributed by atoms with van der Waals surface area (Å²) in [5.74, 6) is 1.75. The van der Waals surface area contributed by atoms with Crippen LogP contribution in [0.25, 0.3) is 22.6 Å². The van der Waals surface area contributed by atoms with Crippen LogP contribution in [0.15, 0.2) is 54.6 Å². The third-order valence-corrected chi connectivity index (χ3v) is 7.85. The van der Waals surface area contributed by atoms with E-state index in [1.165, 1.54) is 0 Å². The van der Waals surface area contributed by atoms with Crippen molar-refractivity contribution in [2.24, 2.45) is 5.92 Å². The average molecular weight is 513 g/mol. The van der Waals surface area contributed by atoms with Crippen molar-refractivity contribution in [1.82, 2.24) is 30.0 Å². The van der Waals surface area contributed by atoms with Crippen molar-refractivity contribution in [3.8, 4) is 11.5 Å². The molecule has 2 saturated heterocycles.